The number of carbonyl (C=O) groups excluding carboxylic acids is 3. The van der Waals surface area contributed by atoms with Crippen LogP contribution in [0.4, 0.5) is 4.79 Å². The minimum atomic E-state index is -0.762. The second kappa shape index (κ2) is 16.8. The number of nitrogens with zero attached hydrogens (tertiary/aromatic N) is 3. The zero-order chi connectivity index (χ0) is 32.3. The minimum absolute atomic E-state index is 0.00443. The van der Waals surface area contributed by atoms with Crippen molar-refractivity contribution >= 4 is 17.7 Å². The van der Waals surface area contributed by atoms with E-state index < -0.39 is 24.0 Å². The number of Topliss-reactive ketones (excluding diaryl/α,β-unsaturated/α-hetero) is 1. The highest BCUT2D eigenvalue weighted by Gasteiger charge is 2.30. The number of H-pyrrole nitrogens is 1. The third-order valence-corrected chi connectivity index (χ3v) is 9.81. The SMILES string of the molecule is CC(Cc1cn(C(=O)NC(=O)C(CC(=O)C2CCCCC2)Cc2ccccc2)cn1)NC(CC1CCCCC1)[C@H](O)c1ncc[nH]1. The number of ketones is 1. The minimum Gasteiger partial charge on any atom is -0.384 e. The maximum Gasteiger partial charge on any atom is 0.333 e. The van der Waals surface area contributed by atoms with Crippen LogP contribution in [-0.2, 0) is 22.4 Å². The van der Waals surface area contributed by atoms with E-state index in [2.05, 4.69) is 25.6 Å². The molecule has 10 nitrogen and oxygen atoms in total. The summed E-state index contributed by atoms with van der Waals surface area (Å²) in [4.78, 5) is 51.5. The number of amides is 2. The van der Waals surface area contributed by atoms with Crippen molar-refractivity contribution in [3.8, 4) is 0 Å². The number of hydrogen-bond donors (Lipinski definition) is 4. The Morgan fingerprint density at radius 3 is 2.39 bits per heavy atom. The van der Waals surface area contributed by atoms with E-state index in [4.69, 9.17) is 0 Å². The fourth-order valence-electron chi connectivity index (χ4n) is 7.28. The summed E-state index contributed by atoms with van der Waals surface area (Å²) < 4.78 is 1.29. The summed E-state index contributed by atoms with van der Waals surface area (Å²) in [5.41, 5.74) is 1.65. The quantitative estimate of drug-likeness (QED) is 0.180. The lowest BCUT2D eigenvalue weighted by atomic mass is 9.82. The van der Waals surface area contributed by atoms with E-state index in [0.29, 0.717) is 30.3 Å². The van der Waals surface area contributed by atoms with Crippen LogP contribution in [0, 0.1) is 17.8 Å². The summed E-state index contributed by atoms with van der Waals surface area (Å²) in [6.07, 6.45) is 18.7. The van der Waals surface area contributed by atoms with E-state index in [-0.39, 0.29) is 30.2 Å². The number of aromatic amines is 1. The van der Waals surface area contributed by atoms with E-state index >= 15 is 0 Å². The molecule has 2 aromatic heterocycles. The van der Waals surface area contributed by atoms with Gasteiger partial charge in [-0.3, -0.25) is 19.5 Å². The molecule has 2 saturated carbocycles. The number of hydrogen-bond acceptors (Lipinski definition) is 7. The number of nitrogens with one attached hydrogen (secondary N) is 3. The van der Waals surface area contributed by atoms with Gasteiger partial charge in [-0.05, 0) is 44.1 Å². The predicted octanol–water partition coefficient (Wildman–Crippen LogP) is 5.68. The molecule has 3 aromatic rings. The van der Waals surface area contributed by atoms with Crippen LogP contribution >= 0.6 is 0 Å². The molecule has 1 aromatic carbocycles. The topological polar surface area (TPSA) is 142 Å². The number of carbonyl (C=O) groups is 3. The second-order valence-corrected chi connectivity index (χ2v) is 13.5. The Morgan fingerprint density at radius 2 is 1.70 bits per heavy atom. The molecule has 0 spiro atoms. The van der Waals surface area contributed by atoms with Gasteiger partial charge in [0.05, 0.1) is 5.69 Å². The third kappa shape index (κ3) is 9.69. The van der Waals surface area contributed by atoms with Crippen LogP contribution < -0.4 is 10.6 Å². The Labute approximate surface area is 272 Å². The number of aliphatic hydroxyl groups excluding tert-OH is 1. The molecule has 4 atom stereocenters. The first-order valence-electron chi connectivity index (χ1n) is 17.2. The van der Waals surface area contributed by atoms with Crippen LogP contribution in [-0.4, -0.2) is 54.4 Å². The Morgan fingerprint density at radius 1 is 0.978 bits per heavy atom. The van der Waals surface area contributed by atoms with Gasteiger partial charge in [-0.25, -0.2) is 14.8 Å². The van der Waals surface area contributed by atoms with E-state index in [1.54, 1.807) is 18.6 Å². The van der Waals surface area contributed by atoms with Crippen molar-refractivity contribution in [2.45, 2.75) is 115 Å². The monoisotopic (exact) mass is 630 g/mol. The van der Waals surface area contributed by atoms with Crippen molar-refractivity contribution in [2.75, 3.05) is 0 Å². The summed E-state index contributed by atoms with van der Waals surface area (Å²) in [7, 11) is 0. The maximum absolute atomic E-state index is 13.4. The maximum atomic E-state index is 13.4. The molecule has 248 valence electrons. The van der Waals surface area contributed by atoms with Gasteiger partial charge in [0.2, 0.25) is 5.91 Å². The molecule has 2 aliphatic rings. The van der Waals surface area contributed by atoms with Gasteiger partial charge in [-0.15, -0.1) is 0 Å². The Balaban J connectivity index is 1.18. The number of imide groups is 1. The lowest BCUT2D eigenvalue weighted by Gasteiger charge is -2.31. The molecule has 0 aliphatic heterocycles. The zero-order valence-electron chi connectivity index (χ0n) is 27.1. The average Bonchev–Trinajstić information content (AvgIpc) is 3.78. The fraction of sp³-hybridized carbons (Fsp3) is 0.583. The van der Waals surface area contributed by atoms with Crippen LogP contribution in [0.3, 0.4) is 0 Å². The van der Waals surface area contributed by atoms with Gasteiger partial charge >= 0.3 is 6.03 Å². The molecule has 0 radical (unpaired) electrons. The van der Waals surface area contributed by atoms with Crippen LogP contribution in [0.5, 0.6) is 0 Å². The van der Waals surface area contributed by atoms with Gasteiger partial charge < -0.3 is 15.4 Å². The molecule has 2 fully saturated rings. The first-order valence-corrected chi connectivity index (χ1v) is 17.2. The summed E-state index contributed by atoms with van der Waals surface area (Å²) in [5, 5.41) is 17.3. The second-order valence-electron chi connectivity index (χ2n) is 13.5. The highest BCUT2D eigenvalue weighted by molar-refractivity contribution is 5.98. The summed E-state index contributed by atoms with van der Waals surface area (Å²) >= 11 is 0. The highest BCUT2D eigenvalue weighted by atomic mass is 16.3. The molecule has 4 N–H and O–H groups in total. The zero-order valence-corrected chi connectivity index (χ0v) is 27.1. The van der Waals surface area contributed by atoms with E-state index in [0.717, 1.165) is 44.1 Å². The molecule has 5 rings (SSSR count). The van der Waals surface area contributed by atoms with Crippen LogP contribution in [0.15, 0.2) is 55.2 Å². The van der Waals surface area contributed by atoms with Gasteiger partial charge in [-0.2, -0.15) is 0 Å². The largest absolute Gasteiger partial charge is 0.384 e. The van der Waals surface area contributed by atoms with E-state index in [9.17, 15) is 19.5 Å². The standard InChI is InChI=1S/C36H50N6O4/c1-25(40-31(21-27-13-7-3-8-14-27)33(44)34-37-17-18-38-34)19-30-23-42(24-39-30)36(46)41-35(45)29(20-26-11-5-2-6-12-26)22-32(43)28-15-9-4-10-16-28/h2,5-6,11-12,17-18,23-25,27-29,31,33,40,44H,3-4,7-10,13-16,19-22H2,1H3,(H,37,38)(H,41,45,46)/t25?,29?,31?,33-/m0/s1. The molecule has 2 aliphatic carbocycles. The Kier molecular flexibility index (Phi) is 12.3. The van der Waals surface area contributed by atoms with Crippen molar-refractivity contribution < 1.29 is 19.5 Å². The number of benzene rings is 1. The Bertz CT molecular complexity index is 1380. The van der Waals surface area contributed by atoms with Gasteiger partial charge in [0.25, 0.3) is 0 Å². The average molecular weight is 631 g/mol. The predicted molar refractivity (Wildman–Crippen MR) is 176 cm³/mol. The van der Waals surface area contributed by atoms with E-state index in [1.807, 2.05) is 37.3 Å². The number of rotatable bonds is 14. The molecule has 2 amide bonds. The fourth-order valence-corrected chi connectivity index (χ4v) is 7.28. The first-order chi connectivity index (χ1) is 22.4. The van der Waals surface area contributed by atoms with Gasteiger partial charge in [0.1, 0.15) is 24.0 Å². The highest BCUT2D eigenvalue weighted by Crippen LogP contribution is 2.31. The van der Waals surface area contributed by atoms with Crippen LogP contribution in [0.25, 0.3) is 0 Å². The van der Waals surface area contributed by atoms with Crippen molar-refractivity contribution in [3.05, 3.63) is 72.3 Å². The number of aromatic nitrogens is 4. The van der Waals surface area contributed by atoms with Crippen LogP contribution in [0.1, 0.15) is 107 Å². The van der Waals surface area contributed by atoms with Gasteiger partial charge in [-0.1, -0.05) is 81.7 Å². The molecular weight excluding hydrogens is 580 g/mol. The Hall–Kier alpha value is -3.63. The number of imidazole rings is 2. The normalized spacial score (nSPS) is 18.8. The number of aliphatic hydroxyl groups is 1. The molecule has 2 heterocycles. The molecule has 3 unspecified atom stereocenters. The van der Waals surface area contributed by atoms with E-state index in [1.165, 1.54) is 43.0 Å². The van der Waals surface area contributed by atoms with Crippen molar-refractivity contribution in [1.29, 1.82) is 0 Å². The molecule has 10 heteroatoms. The summed E-state index contributed by atoms with van der Waals surface area (Å²) in [6, 6.07) is 8.83. The van der Waals surface area contributed by atoms with Gasteiger partial charge in [0.15, 0.2) is 0 Å². The molecule has 0 bridgehead atoms. The summed E-state index contributed by atoms with van der Waals surface area (Å²) in [6.45, 7) is 2.04. The lowest BCUT2D eigenvalue weighted by molar-refractivity contribution is -0.131. The van der Waals surface area contributed by atoms with Crippen molar-refractivity contribution in [1.82, 2.24) is 30.2 Å². The first kappa shape index (κ1) is 33.7. The molecular formula is C36H50N6O4. The van der Waals surface area contributed by atoms with Crippen LogP contribution in [0.2, 0.25) is 0 Å². The molecule has 46 heavy (non-hydrogen) atoms. The third-order valence-electron chi connectivity index (χ3n) is 9.81. The van der Waals surface area contributed by atoms with Gasteiger partial charge in [0, 0.05) is 55.4 Å². The molecule has 0 saturated heterocycles. The summed E-state index contributed by atoms with van der Waals surface area (Å²) in [5.74, 6) is 0.165. The lowest BCUT2D eigenvalue weighted by Crippen LogP contribution is -2.43. The van der Waals surface area contributed by atoms with Crippen molar-refractivity contribution in [2.24, 2.45) is 17.8 Å². The van der Waals surface area contributed by atoms with Crippen molar-refractivity contribution in [3.63, 3.8) is 0 Å². The smallest absolute Gasteiger partial charge is 0.333 e.